The Morgan fingerprint density at radius 3 is 2.85 bits per heavy atom. The normalized spacial score (nSPS) is 18.7. The van der Waals surface area contributed by atoms with Crippen molar-refractivity contribution < 1.29 is 0 Å². The maximum absolute atomic E-state index is 4.78. The molecular formula is C16H20BrN3. The Morgan fingerprint density at radius 1 is 1.35 bits per heavy atom. The van der Waals surface area contributed by atoms with Crippen molar-refractivity contribution in [2.75, 3.05) is 6.54 Å². The third kappa shape index (κ3) is 2.31. The van der Waals surface area contributed by atoms with E-state index >= 15 is 0 Å². The van der Waals surface area contributed by atoms with Crippen LogP contribution in [-0.2, 0) is 7.05 Å². The summed E-state index contributed by atoms with van der Waals surface area (Å²) in [7, 11) is 2.04. The second kappa shape index (κ2) is 5.34. The molecule has 1 aromatic heterocycles. The molecule has 0 amide bonds. The van der Waals surface area contributed by atoms with Crippen LogP contribution in [0, 0.1) is 13.8 Å². The van der Waals surface area contributed by atoms with Crippen LogP contribution in [-0.4, -0.2) is 16.3 Å². The highest BCUT2D eigenvalue weighted by Crippen LogP contribution is 2.34. The van der Waals surface area contributed by atoms with Crippen molar-refractivity contribution in [1.82, 2.24) is 15.1 Å². The molecule has 1 fully saturated rings. The van der Waals surface area contributed by atoms with Gasteiger partial charge in [-0.15, -0.1) is 0 Å². The minimum Gasteiger partial charge on any atom is -0.309 e. The molecular weight excluding hydrogens is 314 g/mol. The first-order chi connectivity index (χ1) is 9.58. The second-order valence-corrected chi connectivity index (χ2v) is 6.51. The van der Waals surface area contributed by atoms with E-state index in [9.17, 15) is 0 Å². The van der Waals surface area contributed by atoms with Crippen LogP contribution in [0.3, 0.4) is 0 Å². The Labute approximate surface area is 128 Å². The molecule has 0 aliphatic carbocycles. The Morgan fingerprint density at radius 2 is 2.15 bits per heavy atom. The zero-order chi connectivity index (χ0) is 14.3. The third-order valence-corrected chi connectivity index (χ3v) is 4.66. The van der Waals surface area contributed by atoms with Crippen LogP contribution >= 0.6 is 15.9 Å². The first-order valence-corrected chi connectivity index (χ1v) is 7.90. The van der Waals surface area contributed by atoms with Gasteiger partial charge >= 0.3 is 0 Å². The molecule has 1 saturated heterocycles. The highest BCUT2D eigenvalue weighted by atomic mass is 79.9. The summed E-state index contributed by atoms with van der Waals surface area (Å²) in [6.07, 6.45) is 2.43. The first kappa shape index (κ1) is 13.8. The van der Waals surface area contributed by atoms with Crippen LogP contribution < -0.4 is 5.32 Å². The Kier molecular flexibility index (Phi) is 3.69. The molecule has 1 unspecified atom stereocenters. The van der Waals surface area contributed by atoms with E-state index in [1.165, 1.54) is 40.9 Å². The number of aromatic nitrogens is 2. The van der Waals surface area contributed by atoms with E-state index < -0.39 is 0 Å². The van der Waals surface area contributed by atoms with Crippen molar-refractivity contribution in [1.29, 1.82) is 0 Å². The molecule has 0 bridgehead atoms. The van der Waals surface area contributed by atoms with Crippen LogP contribution in [0.2, 0.25) is 0 Å². The minimum atomic E-state index is 0.419. The average Bonchev–Trinajstić information content (AvgIpc) is 3.02. The molecule has 2 aromatic rings. The first-order valence-electron chi connectivity index (χ1n) is 7.11. The third-order valence-electron chi connectivity index (χ3n) is 4.17. The molecule has 0 spiro atoms. The number of halogens is 1. The SMILES string of the molecule is Cc1ccc(Br)cc1-c1c(C)c(C2CCCN2)nn1C. The molecule has 3 nitrogen and oxygen atoms in total. The summed E-state index contributed by atoms with van der Waals surface area (Å²) in [5, 5.41) is 8.32. The Balaban J connectivity index is 2.12. The number of hydrogen-bond donors (Lipinski definition) is 1. The fourth-order valence-corrected chi connectivity index (χ4v) is 3.49. The highest BCUT2D eigenvalue weighted by Gasteiger charge is 2.24. The predicted octanol–water partition coefficient (Wildman–Crippen LogP) is 3.89. The zero-order valence-corrected chi connectivity index (χ0v) is 13.8. The number of benzene rings is 1. The molecule has 1 atom stereocenters. The van der Waals surface area contributed by atoms with Gasteiger partial charge in [0.15, 0.2) is 0 Å². The van der Waals surface area contributed by atoms with Crippen molar-refractivity contribution in [2.24, 2.45) is 7.05 Å². The summed E-state index contributed by atoms with van der Waals surface area (Å²) in [6, 6.07) is 6.84. The lowest BCUT2D eigenvalue weighted by molar-refractivity contribution is 0.605. The van der Waals surface area contributed by atoms with Gasteiger partial charge in [0.2, 0.25) is 0 Å². The molecule has 0 radical (unpaired) electrons. The largest absolute Gasteiger partial charge is 0.309 e. The van der Waals surface area contributed by atoms with Gasteiger partial charge in [0.05, 0.1) is 17.4 Å². The Bertz CT molecular complexity index is 639. The van der Waals surface area contributed by atoms with Gasteiger partial charge in [-0.1, -0.05) is 22.0 Å². The van der Waals surface area contributed by atoms with E-state index in [1.54, 1.807) is 0 Å². The monoisotopic (exact) mass is 333 g/mol. The number of nitrogens with zero attached hydrogens (tertiary/aromatic N) is 2. The van der Waals surface area contributed by atoms with Gasteiger partial charge in [-0.3, -0.25) is 4.68 Å². The number of nitrogens with one attached hydrogen (secondary N) is 1. The maximum atomic E-state index is 4.78. The molecule has 0 saturated carbocycles. The van der Waals surface area contributed by atoms with Crippen molar-refractivity contribution in [2.45, 2.75) is 32.7 Å². The van der Waals surface area contributed by atoms with Crippen molar-refractivity contribution in [3.63, 3.8) is 0 Å². The molecule has 4 heteroatoms. The summed E-state index contributed by atoms with van der Waals surface area (Å²) < 4.78 is 3.14. The Hall–Kier alpha value is -1.13. The van der Waals surface area contributed by atoms with Crippen LogP contribution in [0.15, 0.2) is 22.7 Å². The average molecular weight is 334 g/mol. The summed E-state index contributed by atoms with van der Waals surface area (Å²) >= 11 is 3.57. The van der Waals surface area contributed by atoms with E-state index in [0.29, 0.717) is 6.04 Å². The molecule has 1 aromatic carbocycles. The molecule has 3 rings (SSSR count). The predicted molar refractivity (Wildman–Crippen MR) is 85.8 cm³/mol. The fourth-order valence-electron chi connectivity index (χ4n) is 3.13. The van der Waals surface area contributed by atoms with Gasteiger partial charge in [-0.2, -0.15) is 5.10 Å². The van der Waals surface area contributed by atoms with Crippen LogP contribution in [0.5, 0.6) is 0 Å². The van der Waals surface area contributed by atoms with Gasteiger partial charge < -0.3 is 5.32 Å². The van der Waals surface area contributed by atoms with Crippen molar-refractivity contribution in [3.8, 4) is 11.3 Å². The van der Waals surface area contributed by atoms with Gasteiger partial charge in [0.1, 0.15) is 0 Å². The molecule has 2 heterocycles. The van der Waals surface area contributed by atoms with E-state index in [4.69, 9.17) is 5.10 Å². The topological polar surface area (TPSA) is 29.9 Å². The summed E-state index contributed by atoms with van der Waals surface area (Å²) in [5.41, 5.74) is 6.28. The van der Waals surface area contributed by atoms with Gasteiger partial charge in [-0.05, 0) is 56.5 Å². The standard InChI is InChI=1S/C16H20BrN3/c1-10-6-7-12(17)9-13(10)16-11(2)15(19-20(16)3)14-5-4-8-18-14/h6-7,9,14,18H,4-5,8H2,1-3H3. The van der Waals surface area contributed by atoms with Crippen LogP contribution in [0.1, 0.15) is 35.7 Å². The lowest BCUT2D eigenvalue weighted by Gasteiger charge is -2.10. The highest BCUT2D eigenvalue weighted by molar-refractivity contribution is 9.10. The smallest absolute Gasteiger partial charge is 0.0829 e. The van der Waals surface area contributed by atoms with E-state index in [2.05, 4.69) is 53.3 Å². The molecule has 106 valence electrons. The summed E-state index contributed by atoms with van der Waals surface area (Å²) in [4.78, 5) is 0. The lowest BCUT2D eigenvalue weighted by Crippen LogP contribution is -2.14. The summed E-state index contributed by atoms with van der Waals surface area (Å²) in [5.74, 6) is 0. The molecule has 1 N–H and O–H groups in total. The zero-order valence-electron chi connectivity index (χ0n) is 12.2. The lowest BCUT2D eigenvalue weighted by atomic mass is 9.99. The molecule has 1 aliphatic rings. The second-order valence-electron chi connectivity index (χ2n) is 5.59. The number of rotatable bonds is 2. The van der Waals surface area contributed by atoms with Gasteiger partial charge in [-0.25, -0.2) is 0 Å². The van der Waals surface area contributed by atoms with Crippen LogP contribution in [0.25, 0.3) is 11.3 Å². The van der Waals surface area contributed by atoms with E-state index in [-0.39, 0.29) is 0 Å². The van der Waals surface area contributed by atoms with E-state index in [0.717, 1.165) is 11.0 Å². The molecule has 1 aliphatic heterocycles. The maximum Gasteiger partial charge on any atom is 0.0829 e. The molecule has 20 heavy (non-hydrogen) atoms. The quantitative estimate of drug-likeness (QED) is 0.903. The van der Waals surface area contributed by atoms with Gasteiger partial charge in [0.25, 0.3) is 0 Å². The van der Waals surface area contributed by atoms with Crippen molar-refractivity contribution >= 4 is 15.9 Å². The van der Waals surface area contributed by atoms with Gasteiger partial charge in [0, 0.05) is 17.1 Å². The fraction of sp³-hybridized carbons (Fsp3) is 0.438. The number of aryl methyl sites for hydroxylation is 2. The van der Waals surface area contributed by atoms with Crippen molar-refractivity contribution in [3.05, 3.63) is 39.5 Å². The number of hydrogen-bond acceptors (Lipinski definition) is 2. The minimum absolute atomic E-state index is 0.419. The van der Waals surface area contributed by atoms with Crippen LogP contribution in [0.4, 0.5) is 0 Å². The summed E-state index contributed by atoms with van der Waals surface area (Å²) in [6.45, 7) is 5.45. The van der Waals surface area contributed by atoms with E-state index in [1.807, 2.05) is 11.7 Å².